The van der Waals surface area contributed by atoms with Gasteiger partial charge in [-0.25, -0.2) is 0 Å². The quantitative estimate of drug-likeness (QED) is 0.811. The van der Waals surface area contributed by atoms with E-state index in [2.05, 4.69) is 20.8 Å². The predicted octanol–water partition coefficient (Wildman–Crippen LogP) is 3.89. The number of carbonyl (C=O) groups excluding carboxylic acids is 2. The van der Waals surface area contributed by atoms with Gasteiger partial charge in [0.2, 0.25) is 0 Å². The van der Waals surface area contributed by atoms with Crippen molar-refractivity contribution in [3.05, 3.63) is 70.8 Å². The Morgan fingerprint density at radius 3 is 1.44 bits per heavy atom. The summed E-state index contributed by atoms with van der Waals surface area (Å²) in [5, 5.41) is 0. The molecule has 3 rings (SSSR count). The maximum atomic E-state index is 12.8. The second-order valence-corrected chi connectivity index (χ2v) is 8.28. The Balaban J connectivity index is 1.60. The van der Waals surface area contributed by atoms with Crippen LogP contribution < -0.4 is 0 Å². The van der Waals surface area contributed by atoms with Crippen LogP contribution in [0, 0.1) is 6.92 Å². The van der Waals surface area contributed by atoms with Crippen molar-refractivity contribution >= 4 is 11.8 Å². The third-order valence-electron chi connectivity index (χ3n) is 5.15. The highest BCUT2D eigenvalue weighted by Crippen LogP contribution is 2.22. The molecular weight excluding hydrogens is 336 g/mol. The zero-order valence-electron chi connectivity index (χ0n) is 16.7. The molecule has 2 amide bonds. The van der Waals surface area contributed by atoms with Crippen LogP contribution in [0.1, 0.15) is 52.6 Å². The minimum Gasteiger partial charge on any atom is -0.335 e. The number of amides is 2. The topological polar surface area (TPSA) is 40.6 Å². The molecule has 1 heterocycles. The first-order chi connectivity index (χ1) is 12.8. The molecule has 0 unspecified atom stereocenters. The molecule has 0 N–H and O–H groups in total. The van der Waals surface area contributed by atoms with E-state index >= 15 is 0 Å². The Kier molecular flexibility index (Phi) is 5.36. The lowest BCUT2D eigenvalue weighted by molar-refractivity contribution is 0.0535. The maximum Gasteiger partial charge on any atom is 0.253 e. The Labute approximate surface area is 161 Å². The summed E-state index contributed by atoms with van der Waals surface area (Å²) in [5.74, 6) is 0.0783. The van der Waals surface area contributed by atoms with Gasteiger partial charge in [-0.15, -0.1) is 0 Å². The van der Waals surface area contributed by atoms with E-state index in [1.165, 1.54) is 5.56 Å². The molecule has 0 bridgehead atoms. The van der Waals surface area contributed by atoms with Gasteiger partial charge in [-0.05, 0) is 42.2 Å². The number of benzene rings is 2. The highest BCUT2D eigenvalue weighted by Gasteiger charge is 2.25. The van der Waals surface area contributed by atoms with Gasteiger partial charge in [-0.2, -0.15) is 0 Å². The molecule has 4 heteroatoms. The number of hydrogen-bond donors (Lipinski definition) is 0. The monoisotopic (exact) mass is 364 g/mol. The molecule has 2 aromatic carbocycles. The average molecular weight is 364 g/mol. The molecule has 27 heavy (non-hydrogen) atoms. The summed E-state index contributed by atoms with van der Waals surface area (Å²) in [6, 6.07) is 15.5. The Hall–Kier alpha value is -2.62. The number of carbonyl (C=O) groups is 2. The molecule has 1 aliphatic heterocycles. The van der Waals surface area contributed by atoms with E-state index in [4.69, 9.17) is 0 Å². The lowest BCUT2D eigenvalue weighted by Crippen LogP contribution is -2.50. The van der Waals surface area contributed by atoms with E-state index in [1.54, 1.807) is 0 Å². The number of rotatable bonds is 2. The second-order valence-electron chi connectivity index (χ2n) is 8.28. The third-order valence-corrected chi connectivity index (χ3v) is 5.15. The van der Waals surface area contributed by atoms with E-state index in [-0.39, 0.29) is 17.2 Å². The Morgan fingerprint density at radius 2 is 1.07 bits per heavy atom. The van der Waals surface area contributed by atoms with Crippen LogP contribution in [0.4, 0.5) is 0 Å². The van der Waals surface area contributed by atoms with E-state index in [0.717, 1.165) is 5.56 Å². The molecule has 0 radical (unpaired) electrons. The van der Waals surface area contributed by atoms with Gasteiger partial charge in [0.1, 0.15) is 0 Å². The summed E-state index contributed by atoms with van der Waals surface area (Å²) in [4.78, 5) is 29.0. The van der Waals surface area contributed by atoms with Gasteiger partial charge in [0, 0.05) is 37.3 Å². The van der Waals surface area contributed by atoms with Gasteiger partial charge in [0.05, 0.1) is 0 Å². The van der Waals surface area contributed by atoms with Crippen molar-refractivity contribution in [1.82, 2.24) is 9.80 Å². The van der Waals surface area contributed by atoms with Gasteiger partial charge in [0.25, 0.3) is 11.8 Å². The van der Waals surface area contributed by atoms with Crippen LogP contribution in [0.2, 0.25) is 0 Å². The first-order valence-corrected chi connectivity index (χ1v) is 9.51. The number of piperazine rings is 1. The van der Waals surface area contributed by atoms with Crippen LogP contribution in [0.25, 0.3) is 0 Å². The fourth-order valence-corrected chi connectivity index (χ4v) is 3.29. The highest BCUT2D eigenvalue weighted by molar-refractivity contribution is 5.96. The van der Waals surface area contributed by atoms with Crippen LogP contribution >= 0.6 is 0 Å². The van der Waals surface area contributed by atoms with Crippen molar-refractivity contribution in [2.24, 2.45) is 0 Å². The van der Waals surface area contributed by atoms with E-state index < -0.39 is 0 Å². The minimum atomic E-state index is 0.0385. The Morgan fingerprint density at radius 1 is 0.704 bits per heavy atom. The van der Waals surface area contributed by atoms with Gasteiger partial charge in [-0.1, -0.05) is 50.6 Å². The lowest BCUT2D eigenvalue weighted by Gasteiger charge is -2.35. The Bertz CT molecular complexity index is 809. The van der Waals surface area contributed by atoms with Gasteiger partial charge >= 0.3 is 0 Å². The highest BCUT2D eigenvalue weighted by atomic mass is 16.2. The van der Waals surface area contributed by atoms with Crippen LogP contribution in [0.5, 0.6) is 0 Å². The lowest BCUT2D eigenvalue weighted by atomic mass is 9.86. The largest absolute Gasteiger partial charge is 0.335 e. The van der Waals surface area contributed by atoms with E-state index in [1.807, 2.05) is 65.3 Å². The number of nitrogens with zero attached hydrogens (tertiary/aromatic N) is 2. The molecule has 4 nitrogen and oxygen atoms in total. The SMILES string of the molecule is Cc1ccc(C(=O)N2CCN(C(=O)c3ccc(C(C)(C)C)cc3)CC2)cc1. The first kappa shape index (κ1) is 19.2. The van der Waals surface area contributed by atoms with Crippen molar-refractivity contribution < 1.29 is 9.59 Å². The molecular formula is C23H28N2O2. The summed E-state index contributed by atoms with van der Waals surface area (Å²) in [6.45, 7) is 10.8. The van der Waals surface area contributed by atoms with Crippen molar-refractivity contribution in [2.45, 2.75) is 33.1 Å². The number of hydrogen-bond acceptors (Lipinski definition) is 2. The molecule has 142 valence electrons. The molecule has 0 aromatic heterocycles. The zero-order valence-corrected chi connectivity index (χ0v) is 16.7. The van der Waals surface area contributed by atoms with Gasteiger partial charge < -0.3 is 9.80 Å². The van der Waals surface area contributed by atoms with Crippen LogP contribution in [-0.4, -0.2) is 47.8 Å². The summed E-state index contributed by atoms with van der Waals surface area (Å²) in [5.41, 5.74) is 3.84. The van der Waals surface area contributed by atoms with Crippen molar-refractivity contribution in [3.8, 4) is 0 Å². The fraction of sp³-hybridized carbons (Fsp3) is 0.391. The first-order valence-electron chi connectivity index (χ1n) is 9.51. The maximum absolute atomic E-state index is 12.8. The molecule has 1 fully saturated rings. The fourth-order valence-electron chi connectivity index (χ4n) is 3.29. The zero-order chi connectivity index (χ0) is 19.6. The summed E-state index contributed by atoms with van der Waals surface area (Å²) in [6.07, 6.45) is 0. The molecule has 1 saturated heterocycles. The summed E-state index contributed by atoms with van der Waals surface area (Å²) < 4.78 is 0. The van der Waals surface area contributed by atoms with Gasteiger partial charge in [0.15, 0.2) is 0 Å². The van der Waals surface area contributed by atoms with Crippen molar-refractivity contribution in [2.75, 3.05) is 26.2 Å². The van der Waals surface area contributed by atoms with Crippen LogP contribution in [0.15, 0.2) is 48.5 Å². The molecule has 0 atom stereocenters. The second kappa shape index (κ2) is 7.55. The van der Waals surface area contributed by atoms with Gasteiger partial charge in [-0.3, -0.25) is 9.59 Å². The molecule has 0 saturated carbocycles. The molecule has 2 aromatic rings. The van der Waals surface area contributed by atoms with Crippen molar-refractivity contribution in [1.29, 1.82) is 0 Å². The number of aryl methyl sites for hydroxylation is 1. The summed E-state index contributed by atoms with van der Waals surface area (Å²) in [7, 11) is 0. The average Bonchev–Trinajstić information content (AvgIpc) is 2.67. The van der Waals surface area contributed by atoms with E-state index in [0.29, 0.717) is 37.3 Å². The summed E-state index contributed by atoms with van der Waals surface area (Å²) >= 11 is 0. The predicted molar refractivity (Wildman–Crippen MR) is 108 cm³/mol. The van der Waals surface area contributed by atoms with Crippen LogP contribution in [0.3, 0.4) is 0 Å². The molecule has 0 aliphatic carbocycles. The third kappa shape index (κ3) is 4.38. The molecule has 0 spiro atoms. The molecule has 1 aliphatic rings. The van der Waals surface area contributed by atoms with E-state index in [9.17, 15) is 9.59 Å². The smallest absolute Gasteiger partial charge is 0.253 e. The van der Waals surface area contributed by atoms with Crippen molar-refractivity contribution in [3.63, 3.8) is 0 Å². The standard InChI is InChI=1S/C23H28N2O2/c1-17-5-7-18(8-6-17)21(26)24-13-15-25(16-14-24)22(27)19-9-11-20(12-10-19)23(2,3)4/h5-12H,13-16H2,1-4H3. The normalized spacial score (nSPS) is 15.0. The van der Waals surface area contributed by atoms with Crippen LogP contribution in [-0.2, 0) is 5.41 Å². The minimum absolute atomic E-state index is 0.0385.